The molecule has 0 N–H and O–H groups in total. The van der Waals surface area contributed by atoms with Gasteiger partial charge in [-0.1, -0.05) is 29.5 Å². The summed E-state index contributed by atoms with van der Waals surface area (Å²) in [6.07, 6.45) is 3.79. The Morgan fingerprint density at radius 1 is 1.06 bits per heavy atom. The van der Waals surface area contributed by atoms with E-state index >= 15 is 0 Å². The second-order valence-corrected chi connectivity index (χ2v) is 9.33. The van der Waals surface area contributed by atoms with Crippen LogP contribution in [0.1, 0.15) is 39.9 Å². The minimum absolute atomic E-state index is 0.189. The summed E-state index contributed by atoms with van der Waals surface area (Å²) < 4.78 is 1.03. The van der Waals surface area contributed by atoms with E-state index in [4.69, 9.17) is 4.98 Å². The van der Waals surface area contributed by atoms with Crippen LogP contribution in [-0.4, -0.2) is 27.7 Å². The van der Waals surface area contributed by atoms with Gasteiger partial charge in [0, 0.05) is 30.8 Å². The summed E-state index contributed by atoms with van der Waals surface area (Å²) in [5.74, 6) is -0.768. The third-order valence-electron chi connectivity index (χ3n) is 5.75. The molecule has 0 spiro atoms. The Balaban J connectivity index is 1.56. The quantitative estimate of drug-likeness (QED) is 0.391. The molecule has 0 radical (unpaired) electrons. The van der Waals surface area contributed by atoms with E-state index in [0.29, 0.717) is 16.4 Å². The van der Waals surface area contributed by atoms with Crippen LogP contribution in [0.2, 0.25) is 0 Å². The Morgan fingerprint density at radius 2 is 1.85 bits per heavy atom. The lowest BCUT2D eigenvalue weighted by Crippen LogP contribution is -2.31. The molecule has 0 unspecified atom stereocenters. The van der Waals surface area contributed by atoms with E-state index in [0.717, 1.165) is 31.8 Å². The molecule has 3 amide bonds. The van der Waals surface area contributed by atoms with Crippen molar-refractivity contribution in [3.8, 4) is 0 Å². The van der Waals surface area contributed by atoms with Crippen molar-refractivity contribution in [1.82, 2.24) is 9.97 Å². The fourth-order valence-corrected chi connectivity index (χ4v) is 5.19. The molecule has 0 bridgehead atoms. The van der Waals surface area contributed by atoms with E-state index in [1.54, 1.807) is 41.6 Å². The highest BCUT2D eigenvalue weighted by atomic mass is 32.1. The third-order valence-corrected chi connectivity index (χ3v) is 6.98. The van der Waals surface area contributed by atoms with Crippen LogP contribution >= 0.6 is 11.3 Å². The fraction of sp³-hybridized carbons (Fsp3) is 0.192. The van der Waals surface area contributed by atoms with Gasteiger partial charge in [-0.3, -0.25) is 29.2 Å². The molecular weight excluding hydrogens is 448 g/mol. The predicted octanol–water partition coefficient (Wildman–Crippen LogP) is 4.81. The van der Waals surface area contributed by atoms with Crippen molar-refractivity contribution in [2.75, 3.05) is 9.80 Å². The lowest BCUT2D eigenvalue weighted by atomic mass is 10.1. The van der Waals surface area contributed by atoms with Gasteiger partial charge in [-0.2, -0.15) is 0 Å². The second-order valence-electron chi connectivity index (χ2n) is 8.35. The summed E-state index contributed by atoms with van der Waals surface area (Å²) in [5.41, 5.74) is 4.73. The van der Waals surface area contributed by atoms with Gasteiger partial charge in [0.2, 0.25) is 11.8 Å². The molecule has 5 rings (SSSR count). The largest absolute Gasteiger partial charge is 0.279 e. The maximum Gasteiger partial charge on any atom is 0.260 e. The zero-order valence-corrected chi connectivity index (χ0v) is 19.6. The van der Waals surface area contributed by atoms with E-state index in [9.17, 15) is 14.4 Å². The lowest BCUT2D eigenvalue weighted by molar-refractivity contribution is -0.121. The van der Waals surface area contributed by atoms with Gasteiger partial charge in [-0.15, -0.1) is 0 Å². The molecule has 2 aromatic heterocycles. The monoisotopic (exact) mass is 470 g/mol. The SMILES string of the molecule is Cc1cc(C)c2sc(N(Cc3cccnc3)C(=O)c3cccc(N4C(=O)CCC4=O)c3)nc2c1. The molecule has 3 heterocycles. The van der Waals surface area contributed by atoms with Crippen LogP contribution in [0.5, 0.6) is 0 Å². The smallest absolute Gasteiger partial charge is 0.260 e. The van der Waals surface area contributed by atoms with Gasteiger partial charge >= 0.3 is 0 Å². The van der Waals surface area contributed by atoms with Gasteiger partial charge in [-0.25, -0.2) is 4.98 Å². The molecule has 0 saturated carbocycles. The molecule has 34 heavy (non-hydrogen) atoms. The molecular formula is C26H22N4O3S. The van der Waals surface area contributed by atoms with Crippen LogP contribution in [-0.2, 0) is 16.1 Å². The van der Waals surface area contributed by atoms with Crippen molar-refractivity contribution >= 4 is 50.1 Å². The molecule has 4 aromatic rings. The number of carbonyl (C=O) groups excluding carboxylic acids is 3. The number of benzene rings is 2. The Kier molecular flexibility index (Phi) is 5.67. The number of imide groups is 1. The van der Waals surface area contributed by atoms with Crippen molar-refractivity contribution in [2.24, 2.45) is 0 Å². The number of rotatable bonds is 5. The van der Waals surface area contributed by atoms with Crippen molar-refractivity contribution in [3.05, 3.63) is 83.2 Å². The molecule has 1 saturated heterocycles. The predicted molar refractivity (Wildman–Crippen MR) is 132 cm³/mol. The number of anilines is 2. The summed E-state index contributed by atoms with van der Waals surface area (Å²) in [7, 11) is 0. The Bertz CT molecular complexity index is 1410. The minimum Gasteiger partial charge on any atom is -0.279 e. The fourth-order valence-electron chi connectivity index (χ4n) is 4.18. The number of fused-ring (bicyclic) bond motifs is 1. The van der Waals surface area contributed by atoms with E-state index < -0.39 is 0 Å². The van der Waals surface area contributed by atoms with Crippen molar-refractivity contribution in [2.45, 2.75) is 33.2 Å². The van der Waals surface area contributed by atoms with Gasteiger partial charge in [0.25, 0.3) is 5.91 Å². The number of pyridine rings is 1. The first-order valence-corrected chi connectivity index (χ1v) is 11.8. The van der Waals surface area contributed by atoms with E-state index in [1.807, 2.05) is 32.0 Å². The van der Waals surface area contributed by atoms with Crippen molar-refractivity contribution in [1.29, 1.82) is 0 Å². The van der Waals surface area contributed by atoms with Gasteiger partial charge in [0.1, 0.15) is 0 Å². The molecule has 1 aliphatic heterocycles. The molecule has 0 aliphatic carbocycles. The molecule has 1 aliphatic rings. The maximum absolute atomic E-state index is 13.8. The number of amides is 3. The first-order chi connectivity index (χ1) is 16.4. The van der Waals surface area contributed by atoms with Crippen molar-refractivity contribution < 1.29 is 14.4 Å². The van der Waals surface area contributed by atoms with Gasteiger partial charge in [0.15, 0.2) is 5.13 Å². The Hall–Kier alpha value is -3.91. The standard InChI is InChI=1S/C26H22N4O3S/c1-16-11-17(2)24-21(12-16)28-26(34-24)29(15-18-5-4-10-27-14-18)25(33)19-6-3-7-20(13-19)30-22(31)8-9-23(30)32/h3-7,10-14H,8-9,15H2,1-2H3. The molecule has 2 aromatic carbocycles. The second kappa shape index (κ2) is 8.79. The van der Waals surface area contributed by atoms with Crippen LogP contribution < -0.4 is 9.80 Å². The minimum atomic E-state index is -0.266. The normalized spacial score (nSPS) is 13.6. The first-order valence-electron chi connectivity index (χ1n) is 10.9. The summed E-state index contributed by atoms with van der Waals surface area (Å²) in [6.45, 7) is 4.35. The van der Waals surface area contributed by atoms with Gasteiger partial charge in [0.05, 0.1) is 22.4 Å². The molecule has 8 heteroatoms. The van der Waals surface area contributed by atoms with Crippen LogP contribution in [0.15, 0.2) is 60.9 Å². The highest BCUT2D eigenvalue weighted by Gasteiger charge is 2.31. The zero-order chi connectivity index (χ0) is 23.8. The van der Waals surface area contributed by atoms with E-state index in [2.05, 4.69) is 11.1 Å². The average Bonchev–Trinajstić information content (AvgIpc) is 3.40. The van der Waals surface area contributed by atoms with Crippen LogP contribution in [0.3, 0.4) is 0 Å². The van der Waals surface area contributed by atoms with E-state index in [-0.39, 0.29) is 37.1 Å². The lowest BCUT2D eigenvalue weighted by Gasteiger charge is -2.21. The topological polar surface area (TPSA) is 83.5 Å². The third kappa shape index (κ3) is 4.08. The number of carbonyl (C=O) groups is 3. The molecule has 7 nitrogen and oxygen atoms in total. The van der Waals surface area contributed by atoms with Gasteiger partial charge < -0.3 is 0 Å². The number of hydrogen-bond acceptors (Lipinski definition) is 6. The van der Waals surface area contributed by atoms with Crippen molar-refractivity contribution in [3.63, 3.8) is 0 Å². The number of nitrogens with zero attached hydrogens (tertiary/aromatic N) is 4. The zero-order valence-electron chi connectivity index (χ0n) is 18.8. The molecule has 0 atom stereocenters. The number of aryl methyl sites for hydroxylation is 2. The van der Waals surface area contributed by atoms with Gasteiger partial charge in [-0.05, 0) is 60.9 Å². The highest BCUT2D eigenvalue weighted by Crippen LogP contribution is 2.34. The summed E-state index contributed by atoms with van der Waals surface area (Å²) in [5, 5.41) is 0.580. The summed E-state index contributed by atoms with van der Waals surface area (Å²) >= 11 is 1.47. The maximum atomic E-state index is 13.8. The highest BCUT2D eigenvalue weighted by molar-refractivity contribution is 7.22. The number of thiazole rings is 1. The molecule has 170 valence electrons. The van der Waals surface area contributed by atoms with Crippen LogP contribution in [0, 0.1) is 13.8 Å². The first kappa shape index (κ1) is 21.9. The van der Waals surface area contributed by atoms with Crippen LogP contribution in [0.4, 0.5) is 10.8 Å². The number of hydrogen-bond donors (Lipinski definition) is 0. The molecule has 1 fully saturated rings. The summed E-state index contributed by atoms with van der Waals surface area (Å²) in [6, 6.07) is 14.5. The van der Waals surface area contributed by atoms with Crippen LogP contribution in [0.25, 0.3) is 10.2 Å². The summed E-state index contributed by atoms with van der Waals surface area (Å²) in [4.78, 5) is 50.0. The Morgan fingerprint density at radius 3 is 2.59 bits per heavy atom. The Labute approximate surface area is 200 Å². The number of aromatic nitrogens is 2. The van der Waals surface area contributed by atoms with E-state index in [1.165, 1.54) is 11.3 Å². The average molecular weight is 471 g/mol.